The number of para-hydroxylation sites is 3. The Morgan fingerprint density at radius 1 is 0.870 bits per heavy atom. The van der Waals surface area contributed by atoms with Gasteiger partial charge in [0.1, 0.15) is 11.6 Å². The van der Waals surface area contributed by atoms with Gasteiger partial charge in [-0.1, -0.05) is 25.1 Å². The highest BCUT2D eigenvalue weighted by Gasteiger charge is 2.16. The predicted molar refractivity (Wildman–Crippen MR) is 94.4 cm³/mol. The lowest BCUT2D eigenvalue weighted by Crippen LogP contribution is -1.96. The van der Waals surface area contributed by atoms with E-state index in [9.17, 15) is 0 Å². The first-order valence-electron chi connectivity index (χ1n) is 8.07. The lowest BCUT2D eigenvalue weighted by molar-refractivity contribution is 0.773. The molecular formula is C19H20N4. The van der Waals surface area contributed by atoms with Crippen LogP contribution in [0, 0.1) is 0 Å². The summed E-state index contributed by atoms with van der Waals surface area (Å²) in [6, 6.07) is 14.6. The molecule has 0 saturated carbocycles. The molecule has 0 N–H and O–H groups in total. The van der Waals surface area contributed by atoms with Crippen LogP contribution >= 0.6 is 0 Å². The number of benzene rings is 2. The summed E-state index contributed by atoms with van der Waals surface area (Å²) >= 11 is 0. The lowest BCUT2D eigenvalue weighted by atomic mass is 10.1. The predicted octanol–water partition coefficient (Wildman–Crippen LogP) is 4.08. The summed E-state index contributed by atoms with van der Waals surface area (Å²) < 4.78 is 4.35. The summed E-state index contributed by atoms with van der Waals surface area (Å²) in [5.74, 6) is 2.10. The van der Waals surface area contributed by atoms with Crippen LogP contribution in [0.5, 0.6) is 0 Å². The molecule has 0 aliphatic rings. The van der Waals surface area contributed by atoms with Gasteiger partial charge in [-0.2, -0.15) is 0 Å². The fraction of sp³-hybridized carbons (Fsp3) is 0.263. The van der Waals surface area contributed by atoms with Crippen molar-refractivity contribution in [3.05, 3.63) is 48.3 Å². The first-order valence-corrected chi connectivity index (χ1v) is 8.07. The summed E-state index contributed by atoms with van der Waals surface area (Å²) in [6.07, 6.45) is 2.09. The first kappa shape index (κ1) is 14.0. The van der Waals surface area contributed by atoms with Crippen molar-refractivity contribution in [2.75, 3.05) is 0 Å². The van der Waals surface area contributed by atoms with Crippen LogP contribution in [0.2, 0.25) is 0 Å². The minimum Gasteiger partial charge on any atom is -0.331 e. The smallest absolute Gasteiger partial charge is 0.143 e. The average molecular weight is 304 g/mol. The van der Waals surface area contributed by atoms with Crippen LogP contribution in [0.4, 0.5) is 0 Å². The molecule has 2 heterocycles. The maximum Gasteiger partial charge on any atom is 0.143 e. The number of aromatic nitrogens is 4. The van der Waals surface area contributed by atoms with E-state index in [1.807, 2.05) is 6.07 Å². The van der Waals surface area contributed by atoms with Gasteiger partial charge in [0.15, 0.2) is 0 Å². The van der Waals surface area contributed by atoms with E-state index in [-0.39, 0.29) is 0 Å². The molecule has 0 fully saturated rings. The average Bonchev–Trinajstić information content (AvgIpc) is 3.07. The number of hydrogen-bond acceptors (Lipinski definition) is 2. The molecule has 0 amide bonds. The van der Waals surface area contributed by atoms with E-state index in [4.69, 9.17) is 9.97 Å². The maximum absolute atomic E-state index is 4.90. The van der Waals surface area contributed by atoms with Gasteiger partial charge >= 0.3 is 0 Å². The number of hydrogen-bond donors (Lipinski definition) is 0. The second-order valence-electron chi connectivity index (χ2n) is 5.99. The van der Waals surface area contributed by atoms with E-state index in [0.29, 0.717) is 0 Å². The normalized spacial score (nSPS) is 11.6. The quantitative estimate of drug-likeness (QED) is 0.572. The molecule has 4 aromatic rings. The van der Waals surface area contributed by atoms with Gasteiger partial charge in [0.25, 0.3) is 0 Å². The number of imidazole rings is 2. The van der Waals surface area contributed by atoms with Crippen LogP contribution in [-0.4, -0.2) is 19.1 Å². The number of aryl methyl sites for hydroxylation is 3. The lowest BCUT2D eigenvalue weighted by Gasteiger charge is -2.04. The Balaban J connectivity index is 2.01. The molecule has 116 valence electrons. The van der Waals surface area contributed by atoms with Gasteiger partial charge in [-0.25, -0.2) is 9.97 Å². The Labute approximate surface area is 135 Å². The minimum atomic E-state index is 0.970. The number of fused-ring (bicyclic) bond motifs is 2. The van der Waals surface area contributed by atoms with Crippen molar-refractivity contribution in [1.29, 1.82) is 0 Å². The zero-order valence-corrected chi connectivity index (χ0v) is 13.7. The molecule has 4 nitrogen and oxygen atoms in total. The molecule has 0 spiro atoms. The zero-order chi connectivity index (χ0) is 16.0. The van der Waals surface area contributed by atoms with Crippen molar-refractivity contribution in [1.82, 2.24) is 19.1 Å². The Hall–Kier alpha value is -2.62. The molecule has 0 atom stereocenters. The Morgan fingerprint density at radius 2 is 1.65 bits per heavy atom. The number of rotatable bonds is 3. The molecule has 4 rings (SSSR count). The highest BCUT2D eigenvalue weighted by atomic mass is 15.1. The molecule has 0 unspecified atom stereocenters. The van der Waals surface area contributed by atoms with Crippen molar-refractivity contribution < 1.29 is 0 Å². The second-order valence-corrected chi connectivity index (χ2v) is 5.99. The van der Waals surface area contributed by atoms with E-state index >= 15 is 0 Å². The first-order chi connectivity index (χ1) is 11.2. The fourth-order valence-corrected chi connectivity index (χ4v) is 3.28. The van der Waals surface area contributed by atoms with E-state index < -0.39 is 0 Å². The van der Waals surface area contributed by atoms with Gasteiger partial charge in [-0.3, -0.25) is 0 Å². The van der Waals surface area contributed by atoms with Gasteiger partial charge in [0.05, 0.1) is 22.1 Å². The molecule has 2 aromatic carbocycles. The summed E-state index contributed by atoms with van der Waals surface area (Å²) in [6.45, 7) is 2.19. The largest absolute Gasteiger partial charge is 0.331 e. The molecule has 23 heavy (non-hydrogen) atoms. The molecule has 2 aromatic heterocycles. The maximum atomic E-state index is 4.90. The topological polar surface area (TPSA) is 35.6 Å². The van der Waals surface area contributed by atoms with E-state index in [0.717, 1.165) is 52.1 Å². The molecular weight excluding hydrogens is 284 g/mol. The summed E-state index contributed by atoms with van der Waals surface area (Å²) in [5.41, 5.74) is 5.46. The minimum absolute atomic E-state index is 0.970. The van der Waals surface area contributed by atoms with Crippen LogP contribution in [-0.2, 0) is 20.5 Å². The third-order valence-corrected chi connectivity index (χ3v) is 4.51. The zero-order valence-electron chi connectivity index (χ0n) is 13.7. The van der Waals surface area contributed by atoms with Gasteiger partial charge in [-0.05, 0) is 30.7 Å². The van der Waals surface area contributed by atoms with Crippen LogP contribution < -0.4 is 0 Å². The SMILES string of the molecule is CCCc1nc2c(-c3nc4ccccc4n3C)cccc2n1C. The van der Waals surface area contributed by atoms with Gasteiger partial charge < -0.3 is 9.13 Å². The van der Waals surface area contributed by atoms with Crippen molar-refractivity contribution in [3.63, 3.8) is 0 Å². The van der Waals surface area contributed by atoms with Gasteiger partial charge in [-0.15, -0.1) is 0 Å². The monoisotopic (exact) mass is 304 g/mol. The molecule has 0 bridgehead atoms. The standard InChI is InChI=1S/C19H20N4/c1-4-8-17-21-18-13(9-7-12-16(18)22(17)2)19-20-14-10-5-6-11-15(14)23(19)3/h5-7,9-12H,4,8H2,1-3H3. The van der Waals surface area contributed by atoms with E-state index in [1.54, 1.807) is 0 Å². The van der Waals surface area contributed by atoms with Crippen molar-refractivity contribution in [3.8, 4) is 11.4 Å². The van der Waals surface area contributed by atoms with Gasteiger partial charge in [0.2, 0.25) is 0 Å². The Morgan fingerprint density at radius 3 is 2.43 bits per heavy atom. The molecule has 0 aliphatic carbocycles. The fourth-order valence-electron chi connectivity index (χ4n) is 3.28. The van der Waals surface area contributed by atoms with Crippen LogP contribution in [0.1, 0.15) is 19.2 Å². The Kier molecular flexibility index (Phi) is 3.18. The Bertz CT molecular complexity index is 1010. The third kappa shape index (κ3) is 2.05. The van der Waals surface area contributed by atoms with Crippen molar-refractivity contribution in [2.45, 2.75) is 19.8 Å². The summed E-state index contributed by atoms with van der Waals surface area (Å²) in [7, 11) is 4.17. The van der Waals surface area contributed by atoms with Crippen molar-refractivity contribution >= 4 is 22.1 Å². The third-order valence-electron chi connectivity index (χ3n) is 4.51. The number of nitrogens with zero attached hydrogens (tertiary/aromatic N) is 4. The molecule has 0 saturated heterocycles. The van der Waals surface area contributed by atoms with Crippen LogP contribution in [0.25, 0.3) is 33.5 Å². The summed E-state index contributed by atoms with van der Waals surface area (Å²) in [4.78, 5) is 9.73. The molecule has 0 aliphatic heterocycles. The molecule has 0 radical (unpaired) electrons. The van der Waals surface area contributed by atoms with Crippen LogP contribution in [0.3, 0.4) is 0 Å². The van der Waals surface area contributed by atoms with E-state index in [1.165, 1.54) is 0 Å². The highest BCUT2D eigenvalue weighted by molar-refractivity contribution is 5.93. The van der Waals surface area contributed by atoms with Crippen molar-refractivity contribution in [2.24, 2.45) is 14.1 Å². The molecule has 4 heteroatoms. The van der Waals surface area contributed by atoms with E-state index in [2.05, 4.69) is 66.6 Å². The highest BCUT2D eigenvalue weighted by Crippen LogP contribution is 2.30. The summed E-state index contributed by atoms with van der Waals surface area (Å²) in [5, 5.41) is 0. The van der Waals surface area contributed by atoms with Crippen LogP contribution in [0.15, 0.2) is 42.5 Å². The second kappa shape index (κ2) is 5.23. The van der Waals surface area contributed by atoms with Gasteiger partial charge in [0, 0.05) is 26.1 Å².